The van der Waals surface area contributed by atoms with Crippen LogP contribution in [0.15, 0.2) is 42.5 Å². The lowest BCUT2D eigenvalue weighted by Gasteiger charge is -2.39. The Morgan fingerprint density at radius 1 is 1.12 bits per heavy atom. The fourth-order valence-electron chi connectivity index (χ4n) is 3.15. The average Bonchev–Trinajstić information content (AvgIpc) is 2.57. The molecule has 2 aromatic carbocycles. The lowest BCUT2D eigenvalue weighted by atomic mass is 9.77. The number of non-ortho nitro benzene ring substituents is 1. The van der Waals surface area contributed by atoms with Crippen molar-refractivity contribution in [1.29, 1.82) is 0 Å². The maximum atomic E-state index is 12.8. The van der Waals surface area contributed by atoms with Crippen LogP contribution in [0.5, 0.6) is 0 Å². The highest BCUT2D eigenvalue weighted by Gasteiger charge is 2.38. The predicted octanol–water partition coefficient (Wildman–Crippen LogP) is 4.55. The van der Waals surface area contributed by atoms with Gasteiger partial charge >= 0.3 is 6.18 Å². The third-order valence-electron chi connectivity index (χ3n) is 4.48. The third-order valence-corrected chi connectivity index (χ3v) is 4.48. The van der Waals surface area contributed by atoms with Crippen molar-refractivity contribution in [2.45, 2.75) is 25.4 Å². The molecule has 0 aromatic heterocycles. The molecule has 0 fully saturated rings. The van der Waals surface area contributed by atoms with E-state index in [1.54, 1.807) is 6.07 Å². The highest BCUT2D eigenvalue weighted by atomic mass is 19.4. The van der Waals surface area contributed by atoms with E-state index in [9.17, 15) is 28.1 Å². The summed E-state index contributed by atoms with van der Waals surface area (Å²) in [5, 5.41) is 11.0. The Kier molecular flexibility index (Phi) is 4.01. The van der Waals surface area contributed by atoms with Crippen molar-refractivity contribution in [3.05, 3.63) is 69.3 Å². The van der Waals surface area contributed by atoms with E-state index >= 15 is 0 Å². The quantitative estimate of drug-likeness (QED) is 0.580. The van der Waals surface area contributed by atoms with E-state index in [1.165, 1.54) is 29.2 Å². The van der Waals surface area contributed by atoms with Crippen LogP contribution in [0.3, 0.4) is 0 Å². The fourth-order valence-corrected chi connectivity index (χ4v) is 3.15. The number of carbonyl (C=O) groups is 1. The molecule has 8 heteroatoms. The molecule has 0 saturated heterocycles. The molecule has 0 radical (unpaired) electrons. The van der Waals surface area contributed by atoms with Crippen LogP contribution in [0.25, 0.3) is 0 Å². The highest BCUT2D eigenvalue weighted by Crippen LogP contribution is 2.38. The number of nitrogens with zero attached hydrogens (tertiary/aromatic N) is 2. The molecule has 1 heterocycles. The van der Waals surface area contributed by atoms with Crippen molar-refractivity contribution in [2.24, 2.45) is 0 Å². The Bertz CT molecular complexity index is 890. The van der Waals surface area contributed by atoms with E-state index < -0.39 is 28.0 Å². The smallest absolute Gasteiger partial charge is 0.307 e. The minimum atomic E-state index is -4.46. The normalized spacial score (nSPS) is 16.3. The van der Waals surface area contributed by atoms with Crippen LogP contribution < -0.4 is 4.90 Å². The highest BCUT2D eigenvalue weighted by molar-refractivity contribution is 6.09. The van der Waals surface area contributed by atoms with Gasteiger partial charge in [0.2, 0.25) is 0 Å². The number of hydrogen-bond acceptors (Lipinski definition) is 3. The summed E-state index contributed by atoms with van der Waals surface area (Å²) in [6, 6.07) is 8.43. The molecule has 0 N–H and O–H groups in total. The monoisotopic (exact) mass is 364 g/mol. The Labute approximate surface area is 147 Å². The van der Waals surface area contributed by atoms with Gasteiger partial charge < -0.3 is 4.90 Å². The first-order valence-corrected chi connectivity index (χ1v) is 7.79. The summed E-state index contributed by atoms with van der Waals surface area (Å²) in [6.07, 6.45) is -4.46. The number of nitro benzene ring substituents is 1. The molecule has 2 aromatic rings. The maximum Gasteiger partial charge on any atom is 0.416 e. The minimum absolute atomic E-state index is 0.190. The van der Waals surface area contributed by atoms with Crippen molar-refractivity contribution in [2.75, 3.05) is 11.4 Å². The van der Waals surface area contributed by atoms with Crippen LogP contribution in [0.2, 0.25) is 0 Å². The van der Waals surface area contributed by atoms with Gasteiger partial charge in [0.15, 0.2) is 0 Å². The Balaban J connectivity index is 2.05. The minimum Gasteiger partial charge on any atom is -0.307 e. The van der Waals surface area contributed by atoms with E-state index in [4.69, 9.17) is 0 Å². The first-order chi connectivity index (χ1) is 12.0. The molecule has 5 nitrogen and oxygen atoms in total. The number of hydrogen-bond donors (Lipinski definition) is 0. The van der Waals surface area contributed by atoms with Gasteiger partial charge in [-0.15, -0.1) is 0 Å². The zero-order valence-electron chi connectivity index (χ0n) is 14.0. The zero-order valence-corrected chi connectivity index (χ0v) is 14.0. The van der Waals surface area contributed by atoms with Gasteiger partial charge in [0.1, 0.15) is 0 Å². The molecule has 0 unspecified atom stereocenters. The summed E-state index contributed by atoms with van der Waals surface area (Å²) in [5.41, 5.74) is -0.343. The molecule has 0 saturated carbocycles. The summed E-state index contributed by atoms with van der Waals surface area (Å²) in [7, 11) is 0. The van der Waals surface area contributed by atoms with Crippen molar-refractivity contribution in [3.63, 3.8) is 0 Å². The van der Waals surface area contributed by atoms with E-state index in [1.807, 2.05) is 13.8 Å². The Morgan fingerprint density at radius 2 is 1.73 bits per heavy atom. The van der Waals surface area contributed by atoms with E-state index in [2.05, 4.69) is 0 Å². The number of fused-ring (bicyclic) bond motifs is 1. The number of rotatable bonds is 2. The van der Waals surface area contributed by atoms with Gasteiger partial charge in [-0.1, -0.05) is 19.9 Å². The molecule has 0 bridgehead atoms. The van der Waals surface area contributed by atoms with E-state index in [0.29, 0.717) is 11.3 Å². The van der Waals surface area contributed by atoms with Crippen molar-refractivity contribution in [1.82, 2.24) is 0 Å². The lowest BCUT2D eigenvalue weighted by molar-refractivity contribution is -0.384. The molecule has 26 heavy (non-hydrogen) atoms. The summed E-state index contributed by atoms with van der Waals surface area (Å²) < 4.78 is 38.2. The van der Waals surface area contributed by atoms with Crippen LogP contribution in [0.4, 0.5) is 24.5 Å². The van der Waals surface area contributed by atoms with Crippen LogP contribution in [0, 0.1) is 10.1 Å². The zero-order chi connectivity index (χ0) is 19.3. The standard InChI is InChI=1S/C18H15F3N2O3/c1-17(2)10-22(12-5-3-11(4-6-12)18(19,20)21)16(24)14-9-13(23(25)26)7-8-15(14)17/h3-9H,10H2,1-2H3. The van der Waals surface area contributed by atoms with E-state index in [0.717, 1.165) is 12.1 Å². The SMILES string of the molecule is CC1(C)CN(c2ccc(C(F)(F)F)cc2)C(=O)c2cc([N+](=O)[O-])ccc21. The second kappa shape index (κ2) is 5.82. The summed E-state index contributed by atoms with van der Waals surface area (Å²) in [4.78, 5) is 24.6. The second-order valence-corrected chi connectivity index (χ2v) is 6.81. The molecule has 0 atom stereocenters. The van der Waals surface area contributed by atoms with Crippen molar-refractivity contribution >= 4 is 17.3 Å². The van der Waals surface area contributed by atoms with Crippen LogP contribution >= 0.6 is 0 Å². The van der Waals surface area contributed by atoms with Gasteiger partial charge in [0.05, 0.1) is 16.1 Å². The molecule has 0 aliphatic carbocycles. The van der Waals surface area contributed by atoms with E-state index in [-0.39, 0.29) is 17.8 Å². The predicted molar refractivity (Wildman–Crippen MR) is 89.2 cm³/mol. The van der Waals surface area contributed by atoms with Crippen molar-refractivity contribution < 1.29 is 22.9 Å². The number of benzene rings is 2. The summed E-state index contributed by atoms with van der Waals surface area (Å²) in [5.74, 6) is -0.470. The topological polar surface area (TPSA) is 63.5 Å². The largest absolute Gasteiger partial charge is 0.416 e. The van der Waals surface area contributed by atoms with Gasteiger partial charge in [-0.3, -0.25) is 14.9 Å². The molecule has 1 amide bonds. The number of nitro groups is 1. The Morgan fingerprint density at radius 3 is 2.27 bits per heavy atom. The van der Waals surface area contributed by atoms with Crippen LogP contribution in [-0.2, 0) is 11.6 Å². The summed E-state index contributed by atoms with van der Waals surface area (Å²) in [6.45, 7) is 4.00. The van der Waals surface area contributed by atoms with Gasteiger partial charge in [-0.25, -0.2) is 0 Å². The molecule has 136 valence electrons. The summed E-state index contributed by atoms with van der Waals surface area (Å²) >= 11 is 0. The van der Waals surface area contributed by atoms with Gasteiger partial charge in [0, 0.05) is 29.8 Å². The number of alkyl halides is 3. The van der Waals surface area contributed by atoms with Crippen LogP contribution in [0.1, 0.15) is 35.3 Å². The van der Waals surface area contributed by atoms with Gasteiger partial charge in [0.25, 0.3) is 11.6 Å². The average molecular weight is 364 g/mol. The van der Waals surface area contributed by atoms with Crippen LogP contribution in [-0.4, -0.2) is 17.4 Å². The molecule has 1 aliphatic heterocycles. The maximum absolute atomic E-state index is 12.8. The molecule has 0 spiro atoms. The number of halogens is 3. The number of anilines is 1. The molecule has 1 aliphatic rings. The Hall–Kier alpha value is -2.90. The number of amides is 1. The molecular formula is C18H15F3N2O3. The molecular weight excluding hydrogens is 349 g/mol. The van der Waals surface area contributed by atoms with Gasteiger partial charge in [-0.2, -0.15) is 13.2 Å². The van der Waals surface area contributed by atoms with Crippen molar-refractivity contribution in [3.8, 4) is 0 Å². The van der Waals surface area contributed by atoms with Gasteiger partial charge in [-0.05, 0) is 29.8 Å². The molecule has 3 rings (SSSR count). The number of carbonyl (C=O) groups excluding carboxylic acids is 1. The first kappa shape index (κ1) is 17.9. The first-order valence-electron chi connectivity index (χ1n) is 7.79. The third kappa shape index (κ3) is 3.02. The fraction of sp³-hybridized carbons (Fsp3) is 0.278. The lowest BCUT2D eigenvalue weighted by Crippen LogP contribution is -2.47. The second-order valence-electron chi connectivity index (χ2n) is 6.81.